The molecule has 0 saturated carbocycles. The largest absolute Gasteiger partial charge is 0.438 e. The van der Waals surface area contributed by atoms with Crippen LogP contribution in [0, 0.1) is 5.82 Å². The number of ether oxygens (including phenoxy) is 1. The van der Waals surface area contributed by atoms with Crippen LogP contribution in [0.25, 0.3) is 0 Å². The van der Waals surface area contributed by atoms with E-state index in [0.29, 0.717) is 11.3 Å². The second kappa shape index (κ2) is 8.21. The van der Waals surface area contributed by atoms with Gasteiger partial charge in [0.1, 0.15) is 11.6 Å². The molecule has 0 aliphatic rings. The maximum absolute atomic E-state index is 13.0. The molecule has 0 aliphatic carbocycles. The molecule has 28 heavy (non-hydrogen) atoms. The maximum Gasteiger partial charge on any atom is 0.416 e. The van der Waals surface area contributed by atoms with Crippen molar-refractivity contribution in [2.45, 2.75) is 19.0 Å². The van der Waals surface area contributed by atoms with Crippen LogP contribution in [0.15, 0.2) is 66.9 Å². The van der Waals surface area contributed by atoms with Crippen LogP contribution in [0.5, 0.6) is 11.6 Å². The van der Waals surface area contributed by atoms with Crippen molar-refractivity contribution in [1.82, 2.24) is 4.98 Å². The molecular weight excluding hydrogens is 374 g/mol. The number of rotatable bonds is 6. The van der Waals surface area contributed by atoms with Crippen molar-refractivity contribution in [2.24, 2.45) is 0 Å². The molecule has 144 valence electrons. The number of halogens is 4. The number of aromatic nitrogens is 1. The maximum atomic E-state index is 13.0. The first-order valence-electron chi connectivity index (χ1n) is 8.41. The van der Waals surface area contributed by atoms with Gasteiger partial charge in [-0.1, -0.05) is 12.1 Å². The Kier molecular flexibility index (Phi) is 5.73. The average Bonchev–Trinajstić information content (AvgIpc) is 2.68. The molecule has 3 nitrogen and oxygen atoms in total. The Morgan fingerprint density at radius 2 is 1.64 bits per heavy atom. The van der Waals surface area contributed by atoms with Gasteiger partial charge in [-0.25, -0.2) is 9.37 Å². The summed E-state index contributed by atoms with van der Waals surface area (Å²) in [5.41, 5.74) is 0.134. The van der Waals surface area contributed by atoms with E-state index < -0.39 is 17.6 Å². The fraction of sp³-hybridized carbons (Fsp3) is 0.143. The van der Waals surface area contributed by atoms with Gasteiger partial charge in [-0.2, -0.15) is 13.2 Å². The van der Waals surface area contributed by atoms with Gasteiger partial charge in [-0.05, 0) is 60.5 Å². The minimum atomic E-state index is -4.39. The van der Waals surface area contributed by atoms with Gasteiger partial charge in [0.15, 0.2) is 5.78 Å². The lowest BCUT2D eigenvalue weighted by Crippen LogP contribution is -2.06. The Bertz CT molecular complexity index is 951. The van der Waals surface area contributed by atoms with Crippen molar-refractivity contribution in [3.63, 3.8) is 0 Å². The van der Waals surface area contributed by atoms with E-state index in [9.17, 15) is 22.4 Å². The topological polar surface area (TPSA) is 39.2 Å². The monoisotopic (exact) mass is 389 g/mol. The van der Waals surface area contributed by atoms with Crippen LogP contribution in [-0.2, 0) is 12.6 Å². The van der Waals surface area contributed by atoms with Gasteiger partial charge in [-0.15, -0.1) is 0 Å². The summed E-state index contributed by atoms with van der Waals surface area (Å²) in [6.45, 7) is 0. The number of hydrogen-bond donors (Lipinski definition) is 0. The molecular formula is C21H15F4NO2. The van der Waals surface area contributed by atoms with Crippen molar-refractivity contribution < 1.29 is 27.1 Å². The third kappa shape index (κ3) is 4.94. The van der Waals surface area contributed by atoms with E-state index in [2.05, 4.69) is 4.98 Å². The summed E-state index contributed by atoms with van der Waals surface area (Å²) in [7, 11) is 0. The Hall–Kier alpha value is -3.22. The molecule has 0 bridgehead atoms. The summed E-state index contributed by atoms with van der Waals surface area (Å²) in [4.78, 5) is 16.6. The van der Waals surface area contributed by atoms with E-state index in [1.54, 1.807) is 12.1 Å². The third-order valence-corrected chi connectivity index (χ3v) is 4.02. The summed E-state index contributed by atoms with van der Waals surface area (Å²) in [6, 6.07) is 13.1. The molecule has 3 rings (SSSR count). The van der Waals surface area contributed by atoms with Crippen LogP contribution in [0.4, 0.5) is 17.6 Å². The minimum Gasteiger partial charge on any atom is -0.438 e. The molecule has 3 aromatic rings. The van der Waals surface area contributed by atoms with E-state index >= 15 is 0 Å². The minimum absolute atomic E-state index is 0.0802. The molecule has 0 N–H and O–H groups in total. The molecule has 2 aromatic carbocycles. The van der Waals surface area contributed by atoms with Crippen LogP contribution in [0.2, 0.25) is 0 Å². The van der Waals surface area contributed by atoms with Crippen molar-refractivity contribution in [3.8, 4) is 11.6 Å². The number of pyridine rings is 1. The summed E-state index contributed by atoms with van der Waals surface area (Å²) in [5.74, 6) is -0.255. The number of hydrogen-bond acceptors (Lipinski definition) is 3. The molecule has 1 heterocycles. The first kappa shape index (κ1) is 19.5. The third-order valence-electron chi connectivity index (χ3n) is 4.02. The highest BCUT2D eigenvalue weighted by Crippen LogP contribution is 2.29. The van der Waals surface area contributed by atoms with Gasteiger partial charge in [0.05, 0.1) is 11.1 Å². The summed E-state index contributed by atoms with van der Waals surface area (Å²) < 4.78 is 56.4. The predicted molar refractivity (Wildman–Crippen MR) is 94.8 cm³/mol. The number of carbonyl (C=O) groups is 1. The first-order valence-corrected chi connectivity index (χ1v) is 8.41. The molecule has 7 heteroatoms. The Labute approximate surface area is 158 Å². The SMILES string of the molecule is O=C(CCc1ccc(C(F)(F)F)cc1)c1cccnc1Oc1ccc(F)cc1. The van der Waals surface area contributed by atoms with E-state index in [-0.39, 0.29) is 30.1 Å². The lowest BCUT2D eigenvalue weighted by molar-refractivity contribution is -0.137. The molecule has 0 amide bonds. The summed E-state index contributed by atoms with van der Waals surface area (Å²) >= 11 is 0. The number of ketones is 1. The standard InChI is InChI=1S/C21H15F4NO2/c22-16-8-10-17(11-9-16)28-20-18(2-1-13-26-20)19(27)12-5-14-3-6-15(7-4-14)21(23,24)25/h1-4,6-11,13H,5,12H2. The first-order chi connectivity index (χ1) is 13.3. The zero-order chi connectivity index (χ0) is 20.1. The zero-order valence-electron chi connectivity index (χ0n) is 14.5. The summed E-state index contributed by atoms with van der Waals surface area (Å²) in [6.07, 6.45) is -2.57. The normalized spacial score (nSPS) is 11.3. The second-order valence-corrected chi connectivity index (χ2v) is 6.03. The van der Waals surface area contributed by atoms with Crippen molar-refractivity contribution in [1.29, 1.82) is 0 Å². The van der Waals surface area contributed by atoms with Gasteiger partial charge < -0.3 is 4.74 Å². The summed E-state index contributed by atoms with van der Waals surface area (Å²) in [5, 5.41) is 0. The molecule has 0 saturated heterocycles. The molecule has 1 aromatic heterocycles. The van der Waals surface area contributed by atoms with E-state index in [1.807, 2.05) is 0 Å². The smallest absolute Gasteiger partial charge is 0.416 e. The molecule has 0 radical (unpaired) electrons. The molecule has 0 fully saturated rings. The fourth-order valence-electron chi connectivity index (χ4n) is 2.55. The predicted octanol–water partition coefficient (Wildman–Crippen LogP) is 5.85. The molecule has 0 unspecified atom stereocenters. The molecule has 0 spiro atoms. The number of nitrogens with zero attached hydrogens (tertiary/aromatic N) is 1. The van der Waals surface area contributed by atoms with Crippen LogP contribution >= 0.6 is 0 Å². The highest BCUT2D eigenvalue weighted by Gasteiger charge is 2.29. The van der Waals surface area contributed by atoms with Crippen LogP contribution < -0.4 is 4.74 Å². The Balaban J connectivity index is 1.68. The van der Waals surface area contributed by atoms with Gasteiger partial charge in [-0.3, -0.25) is 4.79 Å². The van der Waals surface area contributed by atoms with E-state index in [4.69, 9.17) is 4.74 Å². The van der Waals surface area contributed by atoms with E-state index in [1.165, 1.54) is 42.6 Å². The number of alkyl halides is 3. The quantitative estimate of drug-likeness (QED) is 0.392. The van der Waals surface area contributed by atoms with Gasteiger partial charge in [0.2, 0.25) is 5.88 Å². The highest BCUT2D eigenvalue weighted by atomic mass is 19.4. The Morgan fingerprint density at radius 3 is 2.29 bits per heavy atom. The number of Topliss-reactive ketones (excluding diaryl/α,β-unsaturated/α-hetero) is 1. The van der Waals surface area contributed by atoms with Crippen molar-refractivity contribution in [3.05, 3.63) is 89.4 Å². The van der Waals surface area contributed by atoms with Gasteiger partial charge >= 0.3 is 6.18 Å². The van der Waals surface area contributed by atoms with Crippen LogP contribution in [-0.4, -0.2) is 10.8 Å². The number of aryl methyl sites for hydroxylation is 1. The lowest BCUT2D eigenvalue weighted by Gasteiger charge is -2.10. The van der Waals surface area contributed by atoms with Crippen molar-refractivity contribution in [2.75, 3.05) is 0 Å². The van der Waals surface area contributed by atoms with Gasteiger partial charge in [0.25, 0.3) is 0 Å². The van der Waals surface area contributed by atoms with E-state index in [0.717, 1.165) is 12.1 Å². The van der Waals surface area contributed by atoms with Crippen LogP contribution in [0.3, 0.4) is 0 Å². The molecule has 0 aliphatic heterocycles. The highest BCUT2D eigenvalue weighted by molar-refractivity contribution is 5.98. The average molecular weight is 389 g/mol. The lowest BCUT2D eigenvalue weighted by atomic mass is 10.0. The number of carbonyl (C=O) groups excluding carboxylic acids is 1. The molecule has 0 atom stereocenters. The van der Waals surface area contributed by atoms with Gasteiger partial charge in [0, 0.05) is 12.6 Å². The Morgan fingerprint density at radius 1 is 0.964 bits per heavy atom. The second-order valence-electron chi connectivity index (χ2n) is 6.03. The van der Waals surface area contributed by atoms with Crippen molar-refractivity contribution >= 4 is 5.78 Å². The number of benzene rings is 2. The fourth-order valence-corrected chi connectivity index (χ4v) is 2.55. The zero-order valence-corrected chi connectivity index (χ0v) is 14.5. The van der Waals surface area contributed by atoms with Crippen LogP contribution in [0.1, 0.15) is 27.9 Å².